The number of hydrogen-bond donors (Lipinski definition) is 1. The number of rotatable bonds is 0. The fourth-order valence-corrected chi connectivity index (χ4v) is 3.24. The molecule has 0 saturated heterocycles. The molecule has 2 rings (SSSR count). The van der Waals surface area contributed by atoms with Gasteiger partial charge in [0.25, 0.3) is 0 Å². The zero-order valence-electron chi connectivity index (χ0n) is 7.19. The number of allylic oxidation sites excluding steroid dienone is 4. The molecule has 0 spiro atoms. The van der Waals surface area contributed by atoms with Crippen molar-refractivity contribution in [2.75, 3.05) is 0 Å². The van der Waals surface area contributed by atoms with Crippen molar-refractivity contribution in [1.29, 1.82) is 0 Å². The summed E-state index contributed by atoms with van der Waals surface area (Å²) in [6, 6.07) is 0. The molecule has 0 fully saturated rings. The minimum absolute atomic E-state index is 0.00981. The van der Waals surface area contributed by atoms with Crippen LogP contribution in [0.3, 0.4) is 0 Å². The van der Waals surface area contributed by atoms with E-state index in [2.05, 4.69) is 0 Å². The van der Waals surface area contributed by atoms with E-state index in [-0.39, 0.29) is 5.76 Å². The molecule has 1 aliphatic heterocycles. The first-order valence-corrected chi connectivity index (χ1v) is 5.63. The molecule has 0 aromatic carbocycles. The summed E-state index contributed by atoms with van der Waals surface area (Å²) in [6.07, 6.45) is 5.61. The third kappa shape index (κ3) is 0.983. The highest BCUT2D eigenvalue weighted by atomic mass is 32.2. The molecule has 1 atom stereocenters. The molecule has 0 aromatic heterocycles. The zero-order chi connectivity index (χ0) is 9.64. The molecular formula is C9H10O3S. The van der Waals surface area contributed by atoms with Gasteiger partial charge in [0.1, 0.15) is 11.0 Å². The highest BCUT2D eigenvalue weighted by Crippen LogP contribution is 2.38. The van der Waals surface area contributed by atoms with Crippen molar-refractivity contribution in [3.63, 3.8) is 0 Å². The second-order valence-electron chi connectivity index (χ2n) is 3.21. The van der Waals surface area contributed by atoms with Crippen LogP contribution in [0.4, 0.5) is 0 Å². The highest BCUT2D eigenvalue weighted by molar-refractivity contribution is 7.96. The molecule has 2 aliphatic rings. The fourth-order valence-electron chi connectivity index (χ4n) is 1.62. The van der Waals surface area contributed by atoms with Crippen LogP contribution in [0, 0.1) is 0 Å². The summed E-state index contributed by atoms with van der Waals surface area (Å²) in [5.74, 6) is 0.00981. The van der Waals surface area contributed by atoms with Gasteiger partial charge in [-0.1, -0.05) is 12.2 Å². The molecule has 0 saturated carbocycles. The third-order valence-corrected chi connectivity index (χ3v) is 4.62. The van der Waals surface area contributed by atoms with Crippen molar-refractivity contribution in [1.82, 2.24) is 0 Å². The molecule has 1 heterocycles. The minimum Gasteiger partial charge on any atom is -0.511 e. The van der Waals surface area contributed by atoms with E-state index < -0.39 is 15.1 Å². The molecule has 0 amide bonds. The number of hydrogen-bond acceptors (Lipinski definition) is 3. The summed E-state index contributed by atoms with van der Waals surface area (Å²) < 4.78 is 23.3. The van der Waals surface area contributed by atoms with E-state index in [1.54, 1.807) is 12.2 Å². The van der Waals surface area contributed by atoms with Gasteiger partial charge in [-0.2, -0.15) is 0 Å². The first-order valence-electron chi connectivity index (χ1n) is 4.08. The predicted molar refractivity (Wildman–Crippen MR) is 49.9 cm³/mol. The first-order chi connectivity index (χ1) is 6.05. The Morgan fingerprint density at radius 1 is 1.54 bits per heavy atom. The Hall–Kier alpha value is -1.03. The van der Waals surface area contributed by atoms with Crippen LogP contribution in [0.1, 0.15) is 13.3 Å². The maximum absolute atomic E-state index is 11.6. The van der Waals surface area contributed by atoms with E-state index in [9.17, 15) is 13.5 Å². The van der Waals surface area contributed by atoms with Crippen LogP contribution in [-0.2, 0) is 9.84 Å². The van der Waals surface area contributed by atoms with Crippen molar-refractivity contribution in [3.8, 4) is 0 Å². The Labute approximate surface area is 77.0 Å². The predicted octanol–water partition coefficient (Wildman–Crippen LogP) is 1.46. The fraction of sp³-hybridized carbons (Fsp3) is 0.333. The first kappa shape index (κ1) is 8.56. The molecule has 1 N–H and O–H groups in total. The average Bonchev–Trinajstić information content (AvgIpc) is 2.30. The van der Waals surface area contributed by atoms with Crippen LogP contribution in [0.2, 0.25) is 0 Å². The monoisotopic (exact) mass is 198 g/mol. The number of sulfone groups is 1. The quantitative estimate of drug-likeness (QED) is 0.641. The van der Waals surface area contributed by atoms with Crippen LogP contribution in [-0.4, -0.2) is 18.8 Å². The van der Waals surface area contributed by atoms with E-state index in [0.717, 1.165) is 0 Å². The summed E-state index contributed by atoms with van der Waals surface area (Å²) >= 11 is 0. The van der Waals surface area contributed by atoms with Crippen molar-refractivity contribution in [3.05, 3.63) is 34.5 Å². The van der Waals surface area contributed by atoms with Crippen molar-refractivity contribution in [2.45, 2.75) is 18.6 Å². The summed E-state index contributed by atoms with van der Waals surface area (Å²) in [5, 5.41) is 8.78. The van der Waals surface area contributed by atoms with Crippen molar-refractivity contribution < 1.29 is 13.5 Å². The van der Waals surface area contributed by atoms with E-state index >= 15 is 0 Å². The Balaban J connectivity index is 2.69. The molecule has 70 valence electrons. The van der Waals surface area contributed by atoms with Crippen LogP contribution in [0.5, 0.6) is 0 Å². The largest absolute Gasteiger partial charge is 0.511 e. The minimum atomic E-state index is -3.29. The second kappa shape index (κ2) is 2.48. The van der Waals surface area contributed by atoms with Gasteiger partial charge in [0, 0.05) is 5.57 Å². The Morgan fingerprint density at radius 2 is 2.23 bits per heavy atom. The SMILES string of the molecule is CC1C(O)=C2CC=CC=C2S1(=O)=O. The normalized spacial score (nSPS) is 30.2. The summed E-state index contributed by atoms with van der Waals surface area (Å²) in [5.41, 5.74) is 0.565. The van der Waals surface area contributed by atoms with E-state index in [1.807, 2.05) is 6.08 Å². The van der Waals surface area contributed by atoms with E-state index in [0.29, 0.717) is 16.9 Å². The van der Waals surface area contributed by atoms with Gasteiger partial charge < -0.3 is 5.11 Å². The van der Waals surface area contributed by atoms with Gasteiger partial charge in [-0.25, -0.2) is 8.42 Å². The van der Waals surface area contributed by atoms with Gasteiger partial charge in [-0.15, -0.1) is 0 Å². The summed E-state index contributed by atoms with van der Waals surface area (Å²) in [4.78, 5) is 0.292. The van der Waals surface area contributed by atoms with Gasteiger partial charge >= 0.3 is 0 Å². The molecule has 1 aliphatic carbocycles. The summed E-state index contributed by atoms with van der Waals surface area (Å²) in [6.45, 7) is 1.51. The lowest BCUT2D eigenvalue weighted by molar-refractivity contribution is 0.391. The zero-order valence-corrected chi connectivity index (χ0v) is 8.00. The average molecular weight is 198 g/mol. The standard InChI is InChI=1S/C9H10O3S/c1-6-9(10)7-4-2-3-5-8(7)13(6,11)12/h2-3,5-6,10H,4H2,1H3. The smallest absolute Gasteiger partial charge is 0.188 e. The molecule has 0 aromatic rings. The van der Waals surface area contributed by atoms with Crippen molar-refractivity contribution in [2.24, 2.45) is 0 Å². The molecule has 13 heavy (non-hydrogen) atoms. The van der Waals surface area contributed by atoms with E-state index in [1.165, 1.54) is 6.92 Å². The second-order valence-corrected chi connectivity index (χ2v) is 5.45. The van der Waals surface area contributed by atoms with E-state index in [4.69, 9.17) is 0 Å². The number of aliphatic hydroxyl groups excluding tert-OH is 1. The van der Waals surface area contributed by atoms with Gasteiger partial charge in [0.15, 0.2) is 9.84 Å². The lowest BCUT2D eigenvalue weighted by Gasteiger charge is -2.05. The molecule has 3 nitrogen and oxygen atoms in total. The number of aliphatic hydroxyl groups is 1. The molecule has 4 heteroatoms. The van der Waals surface area contributed by atoms with Crippen molar-refractivity contribution >= 4 is 9.84 Å². The maximum Gasteiger partial charge on any atom is 0.188 e. The Kier molecular flexibility index (Phi) is 1.63. The molecule has 0 radical (unpaired) electrons. The Morgan fingerprint density at radius 3 is 2.85 bits per heavy atom. The summed E-state index contributed by atoms with van der Waals surface area (Å²) in [7, 11) is -3.29. The van der Waals surface area contributed by atoms with Gasteiger partial charge in [-0.3, -0.25) is 0 Å². The van der Waals surface area contributed by atoms with Gasteiger partial charge in [0.2, 0.25) is 0 Å². The highest BCUT2D eigenvalue weighted by Gasteiger charge is 2.40. The molecule has 1 unspecified atom stereocenters. The van der Waals surface area contributed by atoms with Gasteiger partial charge in [-0.05, 0) is 19.4 Å². The number of fused-ring (bicyclic) bond motifs is 1. The van der Waals surface area contributed by atoms with Crippen LogP contribution >= 0.6 is 0 Å². The molecule has 0 bridgehead atoms. The van der Waals surface area contributed by atoms with Crippen LogP contribution in [0.25, 0.3) is 0 Å². The lowest BCUT2D eigenvalue weighted by Crippen LogP contribution is -2.14. The van der Waals surface area contributed by atoms with Crippen LogP contribution < -0.4 is 0 Å². The third-order valence-electron chi connectivity index (χ3n) is 2.47. The van der Waals surface area contributed by atoms with Gasteiger partial charge in [0.05, 0.1) is 4.91 Å². The molecular weight excluding hydrogens is 188 g/mol. The maximum atomic E-state index is 11.6. The topological polar surface area (TPSA) is 54.4 Å². The lowest BCUT2D eigenvalue weighted by atomic mass is 10.1. The Bertz CT molecular complexity index is 437. The van der Waals surface area contributed by atoms with Crippen LogP contribution in [0.15, 0.2) is 34.5 Å².